The van der Waals surface area contributed by atoms with Crippen molar-refractivity contribution >= 4 is 45.1 Å². The second kappa shape index (κ2) is 9.41. The van der Waals surface area contributed by atoms with Crippen molar-refractivity contribution in [3.63, 3.8) is 0 Å². The average Bonchev–Trinajstić information content (AvgIpc) is 3.12. The van der Waals surface area contributed by atoms with E-state index < -0.39 is 11.6 Å². The van der Waals surface area contributed by atoms with Crippen molar-refractivity contribution in [3.05, 3.63) is 35.1 Å². The Morgan fingerprint density at radius 3 is 2.79 bits per heavy atom. The molecule has 1 saturated heterocycles. The summed E-state index contributed by atoms with van der Waals surface area (Å²) >= 11 is 1.11. The summed E-state index contributed by atoms with van der Waals surface area (Å²) in [6.07, 6.45) is 3.98. The Kier molecular flexibility index (Phi) is 6.56. The number of amides is 1. The highest BCUT2D eigenvalue weighted by molar-refractivity contribution is 7.20. The standard InChI is InChI=1S/C23H27N5O5S/c1-13-16-18(25-12-26-20(16)34-17(13)21(29)30)27-15-8-5-9-24-19(15)32-14-7-6-10-28(11-14)22(31)33-23(2,3)4/h5,8-9,12,14H,6-7,10-11H2,1-4H3,(H,29,30)(H,25,26,27). The number of thiophene rings is 1. The summed E-state index contributed by atoms with van der Waals surface area (Å²) in [5.74, 6) is -0.150. The lowest BCUT2D eigenvalue weighted by Gasteiger charge is -2.34. The van der Waals surface area contributed by atoms with E-state index in [0.717, 1.165) is 24.2 Å². The number of anilines is 2. The van der Waals surface area contributed by atoms with Crippen LogP contribution in [0.2, 0.25) is 0 Å². The SMILES string of the molecule is Cc1c(C(=O)O)sc2ncnc(Nc3cccnc3OC3CCCN(C(=O)OC(C)(C)C)C3)c12. The van der Waals surface area contributed by atoms with Gasteiger partial charge >= 0.3 is 12.1 Å². The third kappa shape index (κ3) is 5.19. The Morgan fingerprint density at radius 1 is 1.26 bits per heavy atom. The first-order valence-corrected chi connectivity index (χ1v) is 11.8. The van der Waals surface area contributed by atoms with Crippen molar-refractivity contribution < 1.29 is 24.2 Å². The number of carbonyl (C=O) groups excluding carboxylic acids is 1. The molecule has 34 heavy (non-hydrogen) atoms. The molecule has 1 atom stereocenters. The van der Waals surface area contributed by atoms with Crippen LogP contribution < -0.4 is 10.1 Å². The fourth-order valence-electron chi connectivity index (χ4n) is 3.76. The Labute approximate surface area is 200 Å². The maximum Gasteiger partial charge on any atom is 0.410 e. The van der Waals surface area contributed by atoms with Gasteiger partial charge in [0.15, 0.2) is 0 Å². The minimum atomic E-state index is -0.997. The number of carboxylic acids is 1. The summed E-state index contributed by atoms with van der Waals surface area (Å²) < 4.78 is 11.7. The van der Waals surface area contributed by atoms with Gasteiger partial charge in [-0.2, -0.15) is 0 Å². The smallest absolute Gasteiger partial charge is 0.410 e. The van der Waals surface area contributed by atoms with Gasteiger partial charge < -0.3 is 24.8 Å². The summed E-state index contributed by atoms with van der Waals surface area (Å²) in [6.45, 7) is 8.28. The van der Waals surface area contributed by atoms with E-state index in [2.05, 4.69) is 20.3 Å². The third-order valence-corrected chi connectivity index (χ3v) is 6.44. The summed E-state index contributed by atoms with van der Waals surface area (Å²) in [6, 6.07) is 3.58. The van der Waals surface area contributed by atoms with Crippen LogP contribution in [0.1, 0.15) is 48.8 Å². The van der Waals surface area contributed by atoms with Gasteiger partial charge in [-0.05, 0) is 58.2 Å². The van der Waals surface area contributed by atoms with Gasteiger partial charge in [0, 0.05) is 12.7 Å². The van der Waals surface area contributed by atoms with Gasteiger partial charge in [-0.3, -0.25) is 0 Å². The fraction of sp³-hybridized carbons (Fsp3) is 0.435. The summed E-state index contributed by atoms with van der Waals surface area (Å²) in [5, 5.41) is 13.4. The van der Waals surface area contributed by atoms with Crippen LogP contribution in [-0.2, 0) is 4.74 Å². The first-order chi connectivity index (χ1) is 16.1. The van der Waals surface area contributed by atoms with Crippen LogP contribution in [0.5, 0.6) is 5.88 Å². The molecule has 1 aliphatic rings. The van der Waals surface area contributed by atoms with Gasteiger partial charge in [0.2, 0.25) is 5.88 Å². The van der Waals surface area contributed by atoms with Crippen LogP contribution in [0.3, 0.4) is 0 Å². The molecule has 0 radical (unpaired) electrons. The zero-order valence-corrected chi connectivity index (χ0v) is 20.3. The van der Waals surface area contributed by atoms with E-state index in [-0.39, 0.29) is 17.1 Å². The van der Waals surface area contributed by atoms with E-state index in [1.807, 2.05) is 26.8 Å². The van der Waals surface area contributed by atoms with Gasteiger partial charge in [-0.25, -0.2) is 24.5 Å². The molecule has 1 fully saturated rings. The lowest BCUT2D eigenvalue weighted by atomic mass is 10.1. The predicted molar refractivity (Wildman–Crippen MR) is 128 cm³/mol. The number of carbonyl (C=O) groups is 2. The van der Waals surface area contributed by atoms with Gasteiger partial charge in [-0.15, -0.1) is 11.3 Å². The summed E-state index contributed by atoms with van der Waals surface area (Å²) in [4.78, 5) is 39.5. The molecule has 4 heterocycles. The summed E-state index contributed by atoms with van der Waals surface area (Å²) in [5.41, 5.74) is 0.619. The van der Waals surface area contributed by atoms with E-state index in [9.17, 15) is 14.7 Å². The van der Waals surface area contributed by atoms with E-state index in [1.54, 1.807) is 24.1 Å². The third-order valence-electron chi connectivity index (χ3n) is 5.25. The number of aryl methyl sites for hydroxylation is 1. The van der Waals surface area contributed by atoms with Crippen molar-refractivity contribution in [2.24, 2.45) is 0 Å². The predicted octanol–water partition coefficient (Wildman–Crippen LogP) is 4.61. The number of pyridine rings is 1. The van der Waals surface area contributed by atoms with E-state index in [0.29, 0.717) is 46.3 Å². The first kappa shape index (κ1) is 23.7. The molecule has 0 saturated carbocycles. The average molecular weight is 486 g/mol. The van der Waals surface area contributed by atoms with Crippen LogP contribution in [0.4, 0.5) is 16.3 Å². The molecule has 3 aromatic rings. The number of likely N-dealkylation sites (tertiary alicyclic amines) is 1. The number of piperidine rings is 1. The number of nitrogens with one attached hydrogen (secondary N) is 1. The largest absolute Gasteiger partial charge is 0.477 e. The maximum absolute atomic E-state index is 12.5. The van der Waals surface area contributed by atoms with E-state index >= 15 is 0 Å². The van der Waals surface area contributed by atoms with Gasteiger partial charge in [0.05, 0.1) is 11.9 Å². The summed E-state index contributed by atoms with van der Waals surface area (Å²) in [7, 11) is 0. The molecular weight excluding hydrogens is 458 g/mol. The first-order valence-electron chi connectivity index (χ1n) is 11.0. The second-order valence-electron chi connectivity index (χ2n) is 9.05. The van der Waals surface area contributed by atoms with E-state index in [4.69, 9.17) is 9.47 Å². The highest BCUT2D eigenvalue weighted by atomic mass is 32.1. The highest BCUT2D eigenvalue weighted by Crippen LogP contribution is 2.36. The molecule has 0 spiro atoms. The number of fused-ring (bicyclic) bond motifs is 1. The van der Waals surface area contributed by atoms with E-state index in [1.165, 1.54) is 6.33 Å². The number of aromatic carboxylic acids is 1. The maximum atomic E-state index is 12.5. The lowest BCUT2D eigenvalue weighted by molar-refractivity contribution is 0.00732. The zero-order valence-electron chi connectivity index (χ0n) is 19.5. The zero-order chi connectivity index (χ0) is 24.5. The molecule has 1 aliphatic heterocycles. The van der Waals surface area contributed by atoms with Gasteiger partial charge in [0.25, 0.3) is 0 Å². The molecule has 3 aromatic heterocycles. The second-order valence-corrected chi connectivity index (χ2v) is 10.1. The molecule has 180 valence electrons. The van der Waals surface area contributed by atoms with Gasteiger partial charge in [-0.1, -0.05) is 0 Å². The molecule has 1 amide bonds. The molecule has 0 bridgehead atoms. The number of rotatable bonds is 5. The van der Waals surface area contributed by atoms with Crippen molar-refractivity contribution in [3.8, 4) is 5.88 Å². The monoisotopic (exact) mass is 485 g/mol. The Morgan fingerprint density at radius 2 is 2.06 bits per heavy atom. The number of aromatic nitrogens is 3. The van der Waals surface area contributed by atoms with Crippen LogP contribution in [0.25, 0.3) is 10.2 Å². The molecule has 10 nitrogen and oxygen atoms in total. The fourth-order valence-corrected chi connectivity index (χ4v) is 4.75. The van der Waals surface area contributed by atoms with Crippen LogP contribution in [-0.4, -0.2) is 61.8 Å². The normalized spacial score (nSPS) is 16.4. The van der Waals surface area contributed by atoms with Crippen molar-refractivity contribution in [2.75, 3.05) is 18.4 Å². The number of hydrogen-bond acceptors (Lipinski definition) is 9. The molecule has 0 aliphatic carbocycles. The Hall–Kier alpha value is -3.47. The van der Waals surface area contributed by atoms with Crippen molar-refractivity contribution in [1.82, 2.24) is 19.9 Å². The number of hydrogen-bond donors (Lipinski definition) is 2. The Balaban J connectivity index is 1.54. The molecule has 11 heteroatoms. The van der Waals surface area contributed by atoms with Crippen LogP contribution >= 0.6 is 11.3 Å². The number of nitrogens with zero attached hydrogens (tertiary/aromatic N) is 4. The van der Waals surface area contributed by atoms with Crippen LogP contribution in [0, 0.1) is 6.92 Å². The lowest BCUT2D eigenvalue weighted by Crippen LogP contribution is -2.46. The topological polar surface area (TPSA) is 127 Å². The van der Waals surface area contributed by atoms with Crippen molar-refractivity contribution in [2.45, 2.75) is 52.2 Å². The van der Waals surface area contributed by atoms with Crippen molar-refractivity contribution in [1.29, 1.82) is 0 Å². The molecule has 2 N–H and O–H groups in total. The Bertz CT molecular complexity index is 1220. The molecular formula is C23H27N5O5S. The number of ether oxygens (including phenoxy) is 2. The molecule has 0 aromatic carbocycles. The van der Waals surface area contributed by atoms with Crippen LogP contribution in [0.15, 0.2) is 24.7 Å². The molecule has 1 unspecified atom stereocenters. The van der Waals surface area contributed by atoms with Gasteiger partial charge in [0.1, 0.15) is 39.2 Å². The minimum absolute atomic E-state index is 0.227. The highest BCUT2D eigenvalue weighted by Gasteiger charge is 2.29. The minimum Gasteiger partial charge on any atom is -0.477 e. The quantitative estimate of drug-likeness (QED) is 0.532. The number of carboxylic acid groups (broad SMARTS) is 1. The molecule has 4 rings (SSSR count).